The van der Waals surface area contributed by atoms with Crippen LogP contribution in [0, 0.1) is 13.8 Å². The summed E-state index contributed by atoms with van der Waals surface area (Å²) in [7, 11) is 0. The number of nitrogens with zero attached hydrogens (tertiary/aromatic N) is 4. The van der Waals surface area contributed by atoms with Gasteiger partial charge in [-0.2, -0.15) is 0 Å². The van der Waals surface area contributed by atoms with Crippen LogP contribution in [0.4, 0.5) is 16.3 Å². The number of aromatic nitrogens is 2. The highest BCUT2D eigenvalue weighted by Crippen LogP contribution is 2.27. The summed E-state index contributed by atoms with van der Waals surface area (Å²) in [6.07, 6.45) is 0.771. The van der Waals surface area contributed by atoms with E-state index in [1.54, 1.807) is 4.90 Å². The van der Waals surface area contributed by atoms with Crippen molar-refractivity contribution in [1.29, 1.82) is 0 Å². The number of urea groups is 1. The lowest BCUT2D eigenvalue weighted by molar-refractivity contribution is -0.898. The Balaban J connectivity index is 1.53. The topological polar surface area (TPSA) is 65.8 Å². The minimum Gasteiger partial charge on any atom is -0.345 e. The third kappa shape index (κ3) is 4.19. The van der Waals surface area contributed by atoms with Crippen molar-refractivity contribution in [2.75, 3.05) is 49.5 Å². The number of piperazine rings is 1. The van der Waals surface area contributed by atoms with E-state index in [-0.39, 0.29) is 6.03 Å². The van der Waals surface area contributed by atoms with Crippen LogP contribution in [0.3, 0.4) is 0 Å². The molecule has 1 aromatic heterocycles. The molecule has 2 amide bonds. The fourth-order valence-electron chi connectivity index (χ4n) is 4.25. The SMILES string of the molecule is CC[NH+]1CCN(c2nc(C)nc3c2CN(C(=O)Nc2ccccc2C)CC3)CC1. The normalized spacial score (nSPS) is 17.2. The standard InChI is InChI=1S/C22H30N6O/c1-4-26-11-13-27(14-12-26)21-18-15-28(10-9-20(18)23-17(3)24-21)22(29)25-19-8-6-5-7-16(19)2/h5-8H,4,9-15H2,1-3H3,(H,25,29)/p+1. The second-order valence-electron chi connectivity index (χ2n) is 8.03. The number of carbonyl (C=O) groups excluding carboxylic acids is 1. The van der Waals surface area contributed by atoms with E-state index in [2.05, 4.69) is 17.1 Å². The predicted octanol–water partition coefficient (Wildman–Crippen LogP) is 1.41. The summed E-state index contributed by atoms with van der Waals surface area (Å²) in [6.45, 7) is 12.9. The zero-order valence-electron chi connectivity index (χ0n) is 17.7. The van der Waals surface area contributed by atoms with Crippen LogP contribution in [0.5, 0.6) is 0 Å². The summed E-state index contributed by atoms with van der Waals surface area (Å²) in [5.41, 5.74) is 4.14. The van der Waals surface area contributed by atoms with Crippen LogP contribution in [-0.2, 0) is 13.0 Å². The number of aryl methyl sites for hydroxylation is 2. The highest BCUT2D eigenvalue weighted by molar-refractivity contribution is 5.90. The molecule has 0 spiro atoms. The number of rotatable bonds is 3. The zero-order valence-corrected chi connectivity index (χ0v) is 17.7. The quantitative estimate of drug-likeness (QED) is 0.825. The number of hydrogen-bond donors (Lipinski definition) is 2. The summed E-state index contributed by atoms with van der Waals surface area (Å²) in [4.78, 5) is 28.3. The van der Waals surface area contributed by atoms with Gasteiger partial charge in [-0.3, -0.25) is 0 Å². The lowest BCUT2D eigenvalue weighted by Gasteiger charge is -2.36. The van der Waals surface area contributed by atoms with Gasteiger partial charge in [0.15, 0.2) is 0 Å². The molecule has 154 valence electrons. The second kappa shape index (κ2) is 8.37. The van der Waals surface area contributed by atoms with Gasteiger partial charge in [0.1, 0.15) is 11.6 Å². The fraction of sp³-hybridized carbons (Fsp3) is 0.500. The van der Waals surface area contributed by atoms with Crippen LogP contribution in [0.25, 0.3) is 0 Å². The number of nitrogens with one attached hydrogen (secondary N) is 2. The molecule has 0 unspecified atom stereocenters. The molecular weight excluding hydrogens is 364 g/mol. The third-order valence-corrected chi connectivity index (χ3v) is 6.09. The van der Waals surface area contributed by atoms with Crippen LogP contribution < -0.4 is 15.1 Å². The van der Waals surface area contributed by atoms with E-state index in [0.29, 0.717) is 13.1 Å². The summed E-state index contributed by atoms with van der Waals surface area (Å²) in [5, 5.41) is 3.06. The smallest absolute Gasteiger partial charge is 0.322 e. The average Bonchev–Trinajstić information content (AvgIpc) is 2.74. The molecule has 29 heavy (non-hydrogen) atoms. The third-order valence-electron chi connectivity index (χ3n) is 6.09. The molecule has 0 saturated carbocycles. The Morgan fingerprint density at radius 2 is 1.90 bits per heavy atom. The van der Waals surface area contributed by atoms with Gasteiger partial charge in [-0.1, -0.05) is 18.2 Å². The van der Waals surface area contributed by atoms with Gasteiger partial charge in [-0.25, -0.2) is 14.8 Å². The molecular formula is C22H31N6O+. The van der Waals surface area contributed by atoms with Crippen molar-refractivity contribution in [3.05, 3.63) is 46.9 Å². The lowest BCUT2D eigenvalue weighted by Crippen LogP contribution is -3.14. The Labute approximate surface area is 172 Å². The molecule has 0 atom stereocenters. The second-order valence-corrected chi connectivity index (χ2v) is 8.03. The van der Waals surface area contributed by atoms with Gasteiger partial charge in [0.25, 0.3) is 0 Å². The first-order valence-electron chi connectivity index (χ1n) is 10.6. The number of para-hydroxylation sites is 1. The first-order chi connectivity index (χ1) is 14.0. The van der Waals surface area contributed by atoms with Crippen molar-refractivity contribution in [2.24, 2.45) is 0 Å². The van der Waals surface area contributed by atoms with Gasteiger partial charge < -0.3 is 20.0 Å². The van der Waals surface area contributed by atoms with Crippen LogP contribution in [-0.4, -0.2) is 60.2 Å². The highest BCUT2D eigenvalue weighted by Gasteiger charge is 2.29. The molecule has 7 nitrogen and oxygen atoms in total. The van der Waals surface area contributed by atoms with Crippen molar-refractivity contribution >= 4 is 17.5 Å². The number of amides is 2. The number of likely N-dealkylation sites (N-methyl/N-ethyl adjacent to an activating group) is 1. The molecule has 2 aliphatic rings. The number of anilines is 2. The molecule has 1 fully saturated rings. The molecule has 0 bridgehead atoms. The Kier molecular flexibility index (Phi) is 5.67. The lowest BCUT2D eigenvalue weighted by atomic mass is 10.1. The molecule has 3 heterocycles. The molecule has 0 radical (unpaired) electrons. The van der Waals surface area contributed by atoms with E-state index in [1.807, 2.05) is 43.0 Å². The maximum absolute atomic E-state index is 12.9. The Hall–Kier alpha value is -2.67. The van der Waals surface area contributed by atoms with E-state index < -0.39 is 0 Å². The Morgan fingerprint density at radius 3 is 2.62 bits per heavy atom. The van der Waals surface area contributed by atoms with Crippen LogP contribution in [0.15, 0.2) is 24.3 Å². The average molecular weight is 396 g/mol. The first kappa shape index (κ1) is 19.6. The van der Waals surface area contributed by atoms with Crippen molar-refractivity contribution in [3.8, 4) is 0 Å². The minimum atomic E-state index is -0.0586. The molecule has 4 rings (SSSR count). The summed E-state index contributed by atoms with van der Waals surface area (Å²) < 4.78 is 0. The number of hydrogen-bond acceptors (Lipinski definition) is 4. The van der Waals surface area contributed by atoms with Crippen molar-refractivity contribution in [3.63, 3.8) is 0 Å². The Morgan fingerprint density at radius 1 is 1.14 bits per heavy atom. The van der Waals surface area contributed by atoms with Crippen LogP contribution in [0.1, 0.15) is 29.6 Å². The van der Waals surface area contributed by atoms with E-state index in [0.717, 1.165) is 66.8 Å². The van der Waals surface area contributed by atoms with Gasteiger partial charge in [0.2, 0.25) is 0 Å². The number of fused-ring (bicyclic) bond motifs is 1. The largest absolute Gasteiger partial charge is 0.345 e. The Bertz CT molecular complexity index is 891. The van der Waals surface area contributed by atoms with E-state index in [4.69, 9.17) is 9.97 Å². The molecule has 2 N–H and O–H groups in total. The zero-order chi connectivity index (χ0) is 20.4. The van der Waals surface area contributed by atoms with Crippen LogP contribution >= 0.6 is 0 Å². The maximum atomic E-state index is 12.9. The molecule has 1 saturated heterocycles. The van der Waals surface area contributed by atoms with Crippen molar-refractivity contribution < 1.29 is 9.69 Å². The molecule has 1 aromatic carbocycles. The fourth-order valence-corrected chi connectivity index (χ4v) is 4.25. The summed E-state index contributed by atoms with van der Waals surface area (Å²) in [6, 6.07) is 7.82. The molecule has 7 heteroatoms. The predicted molar refractivity (Wildman–Crippen MR) is 115 cm³/mol. The minimum absolute atomic E-state index is 0.0586. The first-order valence-corrected chi connectivity index (χ1v) is 10.6. The molecule has 0 aliphatic carbocycles. The number of carbonyl (C=O) groups is 1. The van der Waals surface area contributed by atoms with E-state index >= 15 is 0 Å². The molecule has 2 aromatic rings. The molecule has 2 aliphatic heterocycles. The van der Waals surface area contributed by atoms with Crippen molar-refractivity contribution in [2.45, 2.75) is 33.7 Å². The monoisotopic (exact) mass is 395 g/mol. The van der Waals surface area contributed by atoms with E-state index in [9.17, 15) is 4.79 Å². The van der Waals surface area contributed by atoms with Gasteiger partial charge in [-0.15, -0.1) is 0 Å². The van der Waals surface area contributed by atoms with Gasteiger partial charge in [-0.05, 0) is 32.4 Å². The highest BCUT2D eigenvalue weighted by atomic mass is 16.2. The number of benzene rings is 1. The summed E-state index contributed by atoms with van der Waals surface area (Å²) >= 11 is 0. The van der Waals surface area contributed by atoms with E-state index in [1.165, 1.54) is 6.54 Å². The summed E-state index contributed by atoms with van der Waals surface area (Å²) in [5.74, 6) is 1.85. The van der Waals surface area contributed by atoms with Crippen molar-refractivity contribution in [1.82, 2.24) is 14.9 Å². The van der Waals surface area contributed by atoms with Gasteiger partial charge in [0.05, 0.1) is 45.0 Å². The van der Waals surface area contributed by atoms with Gasteiger partial charge >= 0.3 is 6.03 Å². The van der Waals surface area contributed by atoms with Crippen LogP contribution in [0.2, 0.25) is 0 Å². The maximum Gasteiger partial charge on any atom is 0.322 e. The van der Waals surface area contributed by atoms with Gasteiger partial charge in [0, 0.05) is 24.2 Å². The number of quaternary nitrogens is 1.